The van der Waals surface area contributed by atoms with E-state index in [-0.39, 0.29) is 5.91 Å². The fourth-order valence-corrected chi connectivity index (χ4v) is 2.07. The lowest BCUT2D eigenvalue weighted by molar-refractivity contribution is 0.0953. The van der Waals surface area contributed by atoms with Gasteiger partial charge in [0.1, 0.15) is 5.82 Å². The van der Waals surface area contributed by atoms with Gasteiger partial charge < -0.3 is 15.5 Å². The van der Waals surface area contributed by atoms with E-state index in [0.29, 0.717) is 12.1 Å². The highest BCUT2D eigenvalue weighted by atomic mass is 16.1. The van der Waals surface area contributed by atoms with Crippen LogP contribution in [0.25, 0.3) is 0 Å². The van der Waals surface area contributed by atoms with Crippen LogP contribution in [-0.2, 0) is 0 Å². The van der Waals surface area contributed by atoms with Crippen molar-refractivity contribution in [1.29, 1.82) is 0 Å². The van der Waals surface area contributed by atoms with Crippen molar-refractivity contribution in [2.24, 2.45) is 0 Å². The van der Waals surface area contributed by atoms with E-state index in [1.807, 2.05) is 55.4 Å². The van der Waals surface area contributed by atoms with E-state index in [1.54, 1.807) is 12.3 Å². The maximum atomic E-state index is 12.0. The van der Waals surface area contributed by atoms with Gasteiger partial charge in [-0.1, -0.05) is 18.2 Å². The molecule has 0 aliphatic heterocycles. The number of benzene rings is 1. The Morgan fingerprint density at radius 1 is 1.14 bits per heavy atom. The topological polar surface area (TPSA) is 57.3 Å². The predicted molar refractivity (Wildman–Crippen MR) is 89.6 cm³/mol. The number of nitrogens with one attached hydrogen (secondary N) is 2. The molecule has 116 valence electrons. The largest absolute Gasteiger partial charge is 0.352 e. The molecule has 2 N–H and O–H groups in total. The van der Waals surface area contributed by atoms with E-state index in [0.717, 1.165) is 24.5 Å². The third-order valence-electron chi connectivity index (χ3n) is 3.39. The van der Waals surface area contributed by atoms with Gasteiger partial charge in [-0.2, -0.15) is 0 Å². The van der Waals surface area contributed by atoms with Crippen molar-refractivity contribution in [3.63, 3.8) is 0 Å². The first kappa shape index (κ1) is 16.0. The van der Waals surface area contributed by atoms with Gasteiger partial charge in [0.25, 0.3) is 5.91 Å². The number of aromatic nitrogens is 1. The number of hydrogen-bond acceptors (Lipinski definition) is 4. The quantitative estimate of drug-likeness (QED) is 0.769. The number of carbonyl (C=O) groups is 1. The Morgan fingerprint density at radius 3 is 2.55 bits per heavy atom. The normalized spacial score (nSPS) is 10.3. The molecule has 0 aliphatic carbocycles. The van der Waals surface area contributed by atoms with E-state index in [2.05, 4.69) is 15.6 Å². The van der Waals surface area contributed by atoms with E-state index >= 15 is 0 Å². The lowest BCUT2D eigenvalue weighted by atomic mass is 10.2. The van der Waals surface area contributed by atoms with Crippen LogP contribution in [-0.4, -0.2) is 38.1 Å². The summed E-state index contributed by atoms with van der Waals surface area (Å²) in [6.45, 7) is 1.55. The molecule has 22 heavy (non-hydrogen) atoms. The minimum absolute atomic E-state index is 0.0856. The molecule has 0 unspecified atom stereocenters. The third kappa shape index (κ3) is 4.30. The maximum absolute atomic E-state index is 12.0. The molecule has 0 fully saturated rings. The van der Waals surface area contributed by atoms with Crippen LogP contribution >= 0.6 is 0 Å². The average Bonchev–Trinajstić information content (AvgIpc) is 2.59. The van der Waals surface area contributed by atoms with Crippen molar-refractivity contribution in [3.8, 4) is 0 Å². The molecule has 0 saturated carbocycles. The van der Waals surface area contributed by atoms with E-state index in [9.17, 15) is 4.79 Å². The van der Waals surface area contributed by atoms with Crippen LogP contribution in [0.4, 0.5) is 11.5 Å². The number of amides is 1. The monoisotopic (exact) mass is 298 g/mol. The summed E-state index contributed by atoms with van der Waals surface area (Å²) in [5.41, 5.74) is 1.63. The van der Waals surface area contributed by atoms with Crippen molar-refractivity contribution in [2.45, 2.75) is 6.42 Å². The first-order valence-electron chi connectivity index (χ1n) is 7.40. The molecule has 2 rings (SSSR count). The van der Waals surface area contributed by atoms with Crippen LogP contribution in [0.5, 0.6) is 0 Å². The second-order valence-electron chi connectivity index (χ2n) is 5.01. The van der Waals surface area contributed by atoms with Gasteiger partial charge in [-0.25, -0.2) is 4.98 Å². The molecule has 1 aromatic carbocycles. The van der Waals surface area contributed by atoms with Gasteiger partial charge in [0.15, 0.2) is 0 Å². The second-order valence-corrected chi connectivity index (χ2v) is 5.01. The highest BCUT2D eigenvalue weighted by molar-refractivity contribution is 5.94. The van der Waals surface area contributed by atoms with E-state index in [4.69, 9.17) is 0 Å². The molecule has 0 radical (unpaired) electrons. The molecule has 2 aromatic rings. The Morgan fingerprint density at radius 2 is 1.91 bits per heavy atom. The lowest BCUT2D eigenvalue weighted by Crippen LogP contribution is -2.26. The lowest BCUT2D eigenvalue weighted by Gasteiger charge is -2.18. The zero-order valence-corrected chi connectivity index (χ0v) is 13.0. The summed E-state index contributed by atoms with van der Waals surface area (Å²) in [6, 6.07) is 13.6. The van der Waals surface area contributed by atoms with Crippen molar-refractivity contribution in [3.05, 3.63) is 54.2 Å². The van der Waals surface area contributed by atoms with Crippen molar-refractivity contribution >= 4 is 17.4 Å². The minimum Gasteiger partial charge on any atom is -0.352 e. The van der Waals surface area contributed by atoms with Gasteiger partial charge in [-0.15, -0.1) is 0 Å². The van der Waals surface area contributed by atoms with Gasteiger partial charge in [0.05, 0.1) is 5.56 Å². The van der Waals surface area contributed by atoms with Crippen LogP contribution in [0.15, 0.2) is 48.7 Å². The van der Waals surface area contributed by atoms with Gasteiger partial charge in [0, 0.05) is 25.5 Å². The molecule has 0 saturated heterocycles. The summed E-state index contributed by atoms with van der Waals surface area (Å²) in [4.78, 5) is 18.3. The number of para-hydroxylation sites is 1. The van der Waals surface area contributed by atoms with E-state index in [1.165, 1.54) is 0 Å². The van der Waals surface area contributed by atoms with Crippen LogP contribution in [0, 0.1) is 0 Å². The summed E-state index contributed by atoms with van der Waals surface area (Å²) < 4.78 is 0. The van der Waals surface area contributed by atoms with Crippen LogP contribution in [0.2, 0.25) is 0 Å². The molecule has 1 heterocycles. The van der Waals surface area contributed by atoms with E-state index < -0.39 is 0 Å². The molecular weight excluding hydrogens is 276 g/mol. The van der Waals surface area contributed by atoms with Crippen molar-refractivity contribution < 1.29 is 4.79 Å². The Hall–Kier alpha value is -2.40. The number of nitrogens with zero attached hydrogens (tertiary/aromatic N) is 2. The summed E-state index contributed by atoms with van der Waals surface area (Å²) in [5, 5.41) is 5.93. The average molecular weight is 298 g/mol. The van der Waals surface area contributed by atoms with Crippen LogP contribution in [0.1, 0.15) is 16.8 Å². The Labute approximate surface area is 131 Å². The summed E-state index contributed by atoms with van der Waals surface area (Å²) in [6.07, 6.45) is 2.52. The van der Waals surface area contributed by atoms with Gasteiger partial charge >= 0.3 is 0 Å². The van der Waals surface area contributed by atoms with Gasteiger partial charge in [0.2, 0.25) is 0 Å². The molecule has 0 bridgehead atoms. The molecule has 0 atom stereocenters. The Bertz CT molecular complexity index is 583. The maximum Gasteiger partial charge on any atom is 0.252 e. The summed E-state index contributed by atoms with van der Waals surface area (Å²) in [5.74, 6) is 0.718. The molecule has 5 heteroatoms. The zero-order chi connectivity index (χ0) is 15.8. The minimum atomic E-state index is -0.0856. The SMILES string of the molecule is CNCCCNC(=O)c1ccc(N(C)c2ccccc2)nc1. The molecule has 5 nitrogen and oxygen atoms in total. The molecule has 0 spiro atoms. The first-order chi connectivity index (χ1) is 10.7. The number of anilines is 2. The molecule has 0 aliphatic rings. The van der Waals surface area contributed by atoms with Gasteiger partial charge in [-0.05, 0) is 44.3 Å². The fourth-order valence-electron chi connectivity index (χ4n) is 2.07. The van der Waals surface area contributed by atoms with Crippen molar-refractivity contribution in [2.75, 3.05) is 32.1 Å². The van der Waals surface area contributed by atoms with Crippen LogP contribution in [0.3, 0.4) is 0 Å². The highest BCUT2D eigenvalue weighted by Gasteiger charge is 2.08. The van der Waals surface area contributed by atoms with Gasteiger partial charge in [-0.3, -0.25) is 4.79 Å². The Kier molecular flexibility index (Phi) is 5.91. The fraction of sp³-hybridized carbons (Fsp3) is 0.294. The number of pyridine rings is 1. The number of hydrogen-bond donors (Lipinski definition) is 2. The second kappa shape index (κ2) is 8.14. The molecular formula is C17H22N4O. The highest BCUT2D eigenvalue weighted by Crippen LogP contribution is 2.20. The first-order valence-corrected chi connectivity index (χ1v) is 7.40. The van der Waals surface area contributed by atoms with Crippen LogP contribution < -0.4 is 15.5 Å². The zero-order valence-electron chi connectivity index (χ0n) is 13.0. The third-order valence-corrected chi connectivity index (χ3v) is 3.39. The number of rotatable bonds is 7. The molecule has 1 amide bonds. The summed E-state index contributed by atoms with van der Waals surface area (Å²) in [7, 11) is 3.85. The summed E-state index contributed by atoms with van der Waals surface area (Å²) >= 11 is 0. The number of carbonyl (C=O) groups excluding carboxylic acids is 1. The van der Waals surface area contributed by atoms with Crippen molar-refractivity contribution in [1.82, 2.24) is 15.6 Å². The molecule has 1 aromatic heterocycles. The smallest absolute Gasteiger partial charge is 0.252 e. The Balaban J connectivity index is 1.96. The standard InChI is InChI=1S/C17H22N4O/c1-18-11-6-12-19-17(22)14-9-10-16(20-13-14)21(2)15-7-4-3-5-8-15/h3-5,7-10,13,18H,6,11-12H2,1-2H3,(H,19,22). The predicted octanol–water partition coefficient (Wildman–Crippen LogP) is 2.19.